The van der Waals surface area contributed by atoms with Crippen molar-refractivity contribution in [3.63, 3.8) is 0 Å². The van der Waals surface area contributed by atoms with Crippen molar-refractivity contribution in [1.82, 2.24) is 25.2 Å². The molecule has 0 radical (unpaired) electrons. The number of rotatable bonds is 20. The molecule has 7 N–H and O–H groups in total. The van der Waals surface area contributed by atoms with Gasteiger partial charge in [-0.15, -0.1) is 0 Å². The number of amides is 1. The summed E-state index contributed by atoms with van der Waals surface area (Å²) in [6.45, 7) is -0.406. The molecule has 0 aromatic carbocycles. The number of hydrogen-bond acceptors (Lipinski definition) is 13. The van der Waals surface area contributed by atoms with Gasteiger partial charge in [0.05, 0.1) is 60.8 Å². The second kappa shape index (κ2) is 18.8. The molecule has 0 aliphatic carbocycles. The minimum atomic E-state index is -1.07. The zero-order chi connectivity index (χ0) is 33.5. The van der Waals surface area contributed by atoms with Crippen LogP contribution >= 0.6 is 0 Å². The van der Waals surface area contributed by atoms with Crippen LogP contribution in [0.3, 0.4) is 0 Å². The summed E-state index contributed by atoms with van der Waals surface area (Å²) in [4.78, 5) is 52.5. The topological polar surface area (TPSA) is 227 Å². The third-order valence-electron chi connectivity index (χ3n) is 7.08. The molecule has 3 heterocycles. The molecule has 0 aliphatic heterocycles. The van der Waals surface area contributed by atoms with Crippen molar-refractivity contribution in [2.45, 2.75) is 63.6 Å². The SMILES string of the molecule is O=C(CC[C@H](O)CO)c1ccc(CN(Cc2ccc(C(=O)CC[C@@H](O)CO)cn2)Cc2ccc(C(=O)NC[C@@H](O)CO)cn2)nc1. The van der Waals surface area contributed by atoms with Gasteiger partial charge in [0.1, 0.15) is 0 Å². The Morgan fingerprint density at radius 2 is 1.00 bits per heavy atom. The van der Waals surface area contributed by atoms with Crippen LogP contribution in [0.4, 0.5) is 0 Å². The van der Waals surface area contributed by atoms with Crippen molar-refractivity contribution in [3.05, 3.63) is 88.8 Å². The van der Waals surface area contributed by atoms with Gasteiger partial charge in [-0.3, -0.25) is 34.2 Å². The molecule has 3 rings (SSSR count). The van der Waals surface area contributed by atoms with Crippen LogP contribution in [0.5, 0.6) is 0 Å². The van der Waals surface area contributed by atoms with E-state index in [9.17, 15) is 29.7 Å². The first-order chi connectivity index (χ1) is 22.1. The zero-order valence-corrected chi connectivity index (χ0v) is 25.4. The molecule has 3 atom stereocenters. The lowest BCUT2D eigenvalue weighted by atomic mass is 10.1. The van der Waals surface area contributed by atoms with Gasteiger partial charge < -0.3 is 36.0 Å². The predicted octanol–water partition coefficient (Wildman–Crippen LogP) is -0.211. The number of carbonyl (C=O) groups excluding carboxylic acids is 3. The van der Waals surface area contributed by atoms with Crippen molar-refractivity contribution in [1.29, 1.82) is 0 Å². The first-order valence-corrected chi connectivity index (χ1v) is 14.9. The molecule has 3 aromatic rings. The molecule has 248 valence electrons. The quantitative estimate of drug-likeness (QED) is 0.0795. The number of carbonyl (C=O) groups is 3. The maximum atomic E-state index is 12.5. The summed E-state index contributed by atoms with van der Waals surface area (Å²) in [6, 6.07) is 10.0. The molecule has 14 heteroatoms. The molecule has 46 heavy (non-hydrogen) atoms. The number of ketones is 2. The Kier molecular flexibility index (Phi) is 14.9. The zero-order valence-electron chi connectivity index (χ0n) is 25.4. The highest BCUT2D eigenvalue weighted by Gasteiger charge is 2.16. The van der Waals surface area contributed by atoms with Gasteiger partial charge in [-0.25, -0.2) is 0 Å². The predicted molar refractivity (Wildman–Crippen MR) is 164 cm³/mol. The van der Waals surface area contributed by atoms with Crippen LogP contribution in [-0.4, -0.2) is 113 Å². The van der Waals surface area contributed by atoms with Crippen molar-refractivity contribution < 1.29 is 45.0 Å². The van der Waals surface area contributed by atoms with Crippen LogP contribution in [0.2, 0.25) is 0 Å². The van der Waals surface area contributed by atoms with E-state index in [1.807, 2.05) is 4.90 Å². The fraction of sp³-hybridized carbons (Fsp3) is 0.438. The Morgan fingerprint density at radius 3 is 1.35 bits per heavy atom. The fourth-order valence-corrected chi connectivity index (χ4v) is 4.32. The van der Waals surface area contributed by atoms with Crippen molar-refractivity contribution in [3.8, 4) is 0 Å². The summed E-state index contributed by atoms with van der Waals surface area (Å²) in [5.74, 6) is -0.850. The van der Waals surface area contributed by atoms with Crippen LogP contribution in [-0.2, 0) is 19.6 Å². The second-order valence-corrected chi connectivity index (χ2v) is 10.9. The van der Waals surface area contributed by atoms with Gasteiger partial charge in [-0.1, -0.05) is 0 Å². The van der Waals surface area contributed by atoms with Gasteiger partial charge in [0.15, 0.2) is 11.6 Å². The van der Waals surface area contributed by atoms with Gasteiger partial charge in [-0.2, -0.15) is 0 Å². The highest BCUT2D eigenvalue weighted by Crippen LogP contribution is 2.15. The number of aromatic nitrogens is 3. The van der Waals surface area contributed by atoms with Gasteiger partial charge in [0.2, 0.25) is 0 Å². The van der Waals surface area contributed by atoms with Gasteiger partial charge in [0, 0.05) is 68.7 Å². The molecule has 0 spiro atoms. The van der Waals surface area contributed by atoms with Gasteiger partial charge in [-0.05, 0) is 49.2 Å². The summed E-state index contributed by atoms with van der Waals surface area (Å²) in [5.41, 5.74) is 2.99. The standard InChI is InChI=1S/C32H41N5O9/c38-18-27(41)7-9-30(44)21-1-4-24(33-11-21)15-37(16-25-5-2-22(12-34-25)31(45)10-8-28(42)19-39)17-26-6-3-23(13-35-26)32(46)36-14-29(43)20-40/h1-6,11-13,27-29,38-43H,7-10,14-20H2,(H,36,46)/t27-,28+,29-/m1/s1. The molecule has 0 saturated heterocycles. The number of nitrogens with zero attached hydrogens (tertiary/aromatic N) is 4. The first kappa shape index (κ1) is 36.4. The monoisotopic (exact) mass is 639 g/mol. The third-order valence-corrected chi connectivity index (χ3v) is 7.08. The van der Waals surface area contributed by atoms with Gasteiger partial charge >= 0.3 is 0 Å². The Bertz CT molecular complexity index is 1220. The van der Waals surface area contributed by atoms with E-state index in [0.717, 1.165) is 0 Å². The minimum absolute atomic E-state index is 0.0722. The number of hydrogen-bond donors (Lipinski definition) is 7. The van der Waals surface area contributed by atoms with Crippen LogP contribution < -0.4 is 5.32 Å². The molecule has 1 amide bonds. The van der Waals surface area contributed by atoms with E-state index in [1.165, 1.54) is 18.6 Å². The van der Waals surface area contributed by atoms with E-state index in [2.05, 4.69) is 20.3 Å². The summed E-state index contributed by atoms with van der Waals surface area (Å²) in [6.07, 6.45) is 1.79. The Morgan fingerprint density at radius 1 is 0.609 bits per heavy atom. The van der Waals surface area contributed by atoms with E-state index in [1.54, 1.807) is 36.4 Å². The molecular formula is C32H41N5O9. The lowest BCUT2D eigenvalue weighted by Gasteiger charge is -2.22. The smallest absolute Gasteiger partial charge is 0.252 e. The van der Waals surface area contributed by atoms with Crippen LogP contribution in [0, 0.1) is 0 Å². The summed E-state index contributed by atoms with van der Waals surface area (Å²) < 4.78 is 0. The van der Waals surface area contributed by atoms with E-state index in [4.69, 9.17) is 15.3 Å². The maximum absolute atomic E-state index is 12.5. The summed E-state index contributed by atoms with van der Waals surface area (Å²) >= 11 is 0. The second-order valence-electron chi connectivity index (χ2n) is 10.9. The lowest BCUT2D eigenvalue weighted by molar-refractivity contribution is 0.0778. The van der Waals surface area contributed by atoms with E-state index >= 15 is 0 Å². The van der Waals surface area contributed by atoms with E-state index in [0.29, 0.717) is 47.8 Å². The van der Waals surface area contributed by atoms with Crippen molar-refractivity contribution >= 4 is 17.5 Å². The van der Waals surface area contributed by atoms with Crippen molar-refractivity contribution in [2.24, 2.45) is 0 Å². The maximum Gasteiger partial charge on any atom is 0.252 e. The Balaban J connectivity index is 1.72. The molecule has 14 nitrogen and oxygen atoms in total. The Labute approximate surface area is 266 Å². The van der Waals surface area contributed by atoms with Crippen LogP contribution in [0.1, 0.15) is 73.8 Å². The van der Waals surface area contributed by atoms with E-state index in [-0.39, 0.29) is 49.4 Å². The van der Waals surface area contributed by atoms with Crippen LogP contribution in [0.15, 0.2) is 55.0 Å². The minimum Gasteiger partial charge on any atom is -0.394 e. The molecule has 0 bridgehead atoms. The number of nitrogens with one attached hydrogen (secondary N) is 1. The molecule has 0 unspecified atom stereocenters. The third kappa shape index (κ3) is 12.1. The molecule has 3 aromatic heterocycles. The fourth-order valence-electron chi connectivity index (χ4n) is 4.32. The Hall–Kier alpha value is -4.02. The number of aliphatic hydroxyl groups excluding tert-OH is 6. The average Bonchev–Trinajstić information content (AvgIpc) is 3.08. The van der Waals surface area contributed by atoms with Gasteiger partial charge in [0.25, 0.3) is 5.91 Å². The lowest BCUT2D eigenvalue weighted by Crippen LogP contribution is -2.34. The highest BCUT2D eigenvalue weighted by molar-refractivity contribution is 5.96. The number of pyridine rings is 3. The molecular weight excluding hydrogens is 598 g/mol. The molecule has 0 fully saturated rings. The summed E-state index contributed by atoms with van der Waals surface area (Å²) in [7, 11) is 0. The first-order valence-electron chi connectivity index (χ1n) is 14.9. The largest absolute Gasteiger partial charge is 0.394 e. The summed E-state index contributed by atoms with van der Waals surface area (Å²) in [5, 5.41) is 57.9. The number of aliphatic hydroxyl groups is 6. The molecule has 0 aliphatic rings. The highest BCUT2D eigenvalue weighted by atomic mass is 16.3. The average molecular weight is 640 g/mol. The van der Waals surface area contributed by atoms with Crippen LogP contribution in [0.25, 0.3) is 0 Å². The van der Waals surface area contributed by atoms with Crippen molar-refractivity contribution in [2.75, 3.05) is 26.4 Å². The van der Waals surface area contributed by atoms with E-state index < -0.39 is 44.0 Å². The normalized spacial score (nSPS) is 13.3. The number of Topliss-reactive ketones (excluding diaryl/α,β-unsaturated/α-hetero) is 2. The molecule has 0 saturated carbocycles.